The van der Waals surface area contributed by atoms with E-state index in [1.807, 2.05) is 42.5 Å². The zero-order valence-corrected chi connectivity index (χ0v) is 18.7. The minimum atomic E-state index is -0.490. The van der Waals surface area contributed by atoms with Crippen LogP contribution < -0.4 is 5.46 Å². The predicted molar refractivity (Wildman–Crippen MR) is 130 cm³/mol. The number of hydrogen-bond donors (Lipinski definition) is 0. The molecule has 0 aliphatic carbocycles. The number of rotatable bonds is 2. The Morgan fingerprint density at radius 3 is 2.12 bits per heavy atom. The van der Waals surface area contributed by atoms with Crippen molar-refractivity contribution in [2.24, 2.45) is 0 Å². The van der Waals surface area contributed by atoms with Crippen molar-refractivity contribution in [1.82, 2.24) is 4.98 Å². The molecule has 0 amide bonds. The van der Waals surface area contributed by atoms with Gasteiger partial charge in [-0.15, -0.1) is 0 Å². The van der Waals surface area contributed by atoms with Crippen LogP contribution in [0.25, 0.3) is 44.1 Å². The van der Waals surface area contributed by atoms with Crippen LogP contribution in [-0.4, -0.2) is 23.3 Å². The number of aromatic nitrogens is 1. The van der Waals surface area contributed by atoms with Crippen molar-refractivity contribution in [2.45, 2.75) is 38.9 Å². The number of benzene rings is 3. The van der Waals surface area contributed by atoms with E-state index in [9.17, 15) is 0 Å². The summed E-state index contributed by atoms with van der Waals surface area (Å²) in [5.74, 6) is 0. The molecule has 0 unspecified atom stereocenters. The zero-order valence-electron chi connectivity index (χ0n) is 18.7. The maximum atomic E-state index is 6.40. The van der Waals surface area contributed by atoms with Crippen molar-refractivity contribution in [1.29, 1.82) is 0 Å². The highest BCUT2D eigenvalue weighted by atomic mass is 16.7. The number of fused-ring (bicyclic) bond motifs is 5. The van der Waals surface area contributed by atoms with Gasteiger partial charge in [0.05, 0.1) is 16.7 Å². The Hall–Kier alpha value is -3.15. The van der Waals surface area contributed by atoms with Crippen molar-refractivity contribution in [2.75, 3.05) is 0 Å². The van der Waals surface area contributed by atoms with Gasteiger partial charge in [0.1, 0.15) is 11.3 Å². The van der Waals surface area contributed by atoms with E-state index in [0.29, 0.717) is 0 Å². The maximum Gasteiger partial charge on any atom is 0.497 e. The molecule has 1 aliphatic rings. The van der Waals surface area contributed by atoms with Gasteiger partial charge in [0, 0.05) is 27.2 Å². The molecule has 5 heteroatoms. The Bertz CT molecular complexity index is 1470. The summed E-state index contributed by atoms with van der Waals surface area (Å²) in [4.78, 5) is 5.16. The van der Waals surface area contributed by atoms with Gasteiger partial charge in [0.2, 0.25) is 0 Å². The topological polar surface area (TPSA) is 44.5 Å². The normalized spacial score (nSPS) is 17.6. The van der Waals surface area contributed by atoms with Gasteiger partial charge >= 0.3 is 7.12 Å². The predicted octanol–water partition coefficient (Wildman–Crippen LogP) is 6.10. The zero-order chi connectivity index (χ0) is 22.1. The molecular weight excluding hydrogens is 397 g/mol. The average molecular weight is 421 g/mol. The van der Waals surface area contributed by atoms with Crippen molar-refractivity contribution in [3.05, 3.63) is 72.8 Å². The lowest BCUT2D eigenvalue weighted by molar-refractivity contribution is 0.00578. The van der Waals surface area contributed by atoms with Crippen LogP contribution in [0.1, 0.15) is 27.7 Å². The molecule has 3 aromatic carbocycles. The molecule has 158 valence electrons. The van der Waals surface area contributed by atoms with E-state index >= 15 is 0 Å². The third-order valence-corrected chi connectivity index (χ3v) is 6.93. The number of pyridine rings is 1. The lowest BCUT2D eigenvalue weighted by atomic mass is 9.77. The fraction of sp³-hybridized carbons (Fsp3) is 0.222. The Kier molecular flexibility index (Phi) is 4.08. The Labute approximate surface area is 187 Å². The molecule has 6 rings (SSSR count). The molecule has 0 radical (unpaired) electrons. The molecule has 1 saturated heterocycles. The third-order valence-electron chi connectivity index (χ3n) is 6.93. The quantitative estimate of drug-likeness (QED) is 0.323. The second kappa shape index (κ2) is 6.68. The smallest absolute Gasteiger partial charge is 0.454 e. The number of para-hydroxylation sites is 2. The Morgan fingerprint density at radius 1 is 0.719 bits per heavy atom. The summed E-state index contributed by atoms with van der Waals surface area (Å²) in [7, 11) is -0.490. The van der Waals surface area contributed by atoms with E-state index in [-0.39, 0.29) is 0 Å². The fourth-order valence-corrected chi connectivity index (χ4v) is 4.48. The second-order valence-electron chi connectivity index (χ2n) is 9.46. The first-order valence-electron chi connectivity index (χ1n) is 11.0. The van der Waals surface area contributed by atoms with E-state index in [0.717, 1.165) is 49.6 Å². The standard InChI is InChI=1S/C27H24BNO3/c1-26(2)27(3,4)32-28(31-26)20-15-10-14-19-22-18-13-8-9-16-21(18)30-25(22)23(29-24(19)20)17-11-6-5-7-12-17/h5-16H,1-4H3. The minimum Gasteiger partial charge on any atom is -0.454 e. The van der Waals surface area contributed by atoms with Gasteiger partial charge in [0.15, 0.2) is 5.58 Å². The molecule has 2 aromatic heterocycles. The molecule has 1 fully saturated rings. The van der Waals surface area contributed by atoms with Gasteiger partial charge in [-0.3, -0.25) is 0 Å². The molecule has 0 N–H and O–H groups in total. The summed E-state index contributed by atoms with van der Waals surface area (Å²) in [6.07, 6.45) is 0. The first-order chi connectivity index (χ1) is 15.4. The molecular formula is C27H24BNO3. The van der Waals surface area contributed by atoms with Gasteiger partial charge in [-0.05, 0) is 33.8 Å². The molecule has 32 heavy (non-hydrogen) atoms. The van der Waals surface area contributed by atoms with Crippen molar-refractivity contribution >= 4 is 45.4 Å². The SMILES string of the molecule is CC1(C)OB(c2cccc3c2nc(-c2ccccc2)c2oc4ccccc4c23)OC1(C)C. The molecule has 0 atom stereocenters. The number of hydrogen-bond acceptors (Lipinski definition) is 4. The van der Waals surface area contributed by atoms with Crippen molar-refractivity contribution < 1.29 is 13.7 Å². The summed E-state index contributed by atoms with van der Waals surface area (Å²) >= 11 is 0. The molecule has 4 nitrogen and oxygen atoms in total. The van der Waals surface area contributed by atoms with E-state index in [1.54, 1.807) is 0 Å². The van der Waals surface area contributed by atoms with Crippen LogP contribution in [0.2, 0.25) is 0 Å². The fourth-order valence-electron chi connectivity index (χ4n) is 4.48. The summed E-state index contributed by atoms with van der Waals surface area (Å²) in [6, 6.07) is 24.6. The molecule has 1 aliphatic heterocycles. The highest BCUT2D eigenvalue weighted by molar-refractivity contribution is 6.65. The van der Waals surface area contributed by atoms with Crippen LogP contribution in [0.4, 0.5) is 0 Å². The summed E-state index contributed by atoms with van der Waals surface area (Å²) in [5.41, 5.74) is 4.47. The summed E-state index contributed by atoms with van der Waals surface area (Å²) < 4.78 is 19.2. The highest BCUT2D eigenvalue weighted by Crippen LogP contribution is 2.40. The van der Waals surface area contributed by atoms with Gasteiger partial charge in [-0.25, -0.2) is 4.98 Å². The molecule has 5 aromatic rings. The van der Waals surface area contributed by atoms with Gasteiger partial charge < -0.3 is 13.7 Å². The summed E-state index contributed by atoms with van der Waals surface area (Å²) in [6.45, 7) is 8.29. The lowest BCUT2D eigenvalue weighted by Crippen LogP contribution is -2.41. The number of nitrogens with zero attached hydrogens (tertiary/aromatic N) is 1. The van der Waals surface area contributed by atoms with Crippen LogP contribution in [0, 0.1) is 0 Å². The Morgan fingerprint density at radius 2 is 1.38 bits per heavy atom. The average Bonchev–Trinajstić information content (AvgIpc) is 3.27. The van der Waals surface area contributed by atoms with Gasteiger partial charge in [-0.2, -0.15) is 0 Å². The third kappa shape index (κ3) is 2.75. The molecule has 3 heterocycles. The van der Waals surface area contributed by atoms with Gasteiger partial charge in [0.25, 0.3) is 0 Å². The van der Waals surface area contributed by atoms with E-state index in [1.165, 1.54) is 0 Å². The van der Waals surface area contributed by atoms with Crippen molar-refractivity contribution in [3.8, 4) is 11.3 Å². The monoisotopic (exact) mass is 421 g/mol. The summed E-state index contributed by atoms with van der Waals surface area (Å²) in [5, 5.41) is 3.19. The van der Waals surface area contributed by atoms with Crippen LogP contribution in [0.5, 0.6) is 0 Å². The van der Waals surface area contributed by atoms with Gasteiger partial charge in [-0.1, -0.05) is 66.7 Å². The van der Waals surface area contributed by atoms with E-state index in [2.05, 4.69) is 58.0 Å². The lowest BCUT2D eigenvalue weighted by Gasteiger charge is -2.32. The highest BCUT2D eigenvalue weighted by Gasteiger charge is 2.52. The van der Waals surface area contributed by atoms with Crippen LogP contribution in [0.3, 0.4) is 0 Å². The Balaban J connectivity index is 1.71. The van der Waals surface area contributed by atoms with Crippen molar-refractivity contribution in [3.63, 3.8) is 0 Å². The number of furan rings is 1. The maximum absolute atomic E-state index is 6.40. The van der Waals surface area contributed by atoms with E-state index < -0.39 is 18.3 Å². The molecule has 0 bridgehead atoms. The van der Waals surface area contributed by atoms with Crippen LogP contribution >= 0.6 is 0 Å². The second-order valence-corrected chi connectivity index (χ2v) is 9.46. The molecule has 0 spiro atoms. The first-order valence-corrected chi connectivity index (χ1v) is 11.0. The van der Waals surface area contributed by atoms with Crippen LogP contribution in [0.15, 0.2) is 77.2 Å². The largest absolute Gasteiger partial charge is 0.497 e. The first kappa shape index (κ1) is 19.5. The van der Waals surface area contributed by atoms with Crippen LogP contribution in [-0.2, 0) is 9.31 Å². The minimum absolute atomic E-state index is 0.422. The van der Waals surface area contributed by atoms with E-state index in [4.69, 9.17) is 18.7 Å². The molecule has 0 saturated carbocycles.